The second kappa shape index (κ2) is 5.52. The van der Waals surface area contributed by atoms with Gasteiger partial charge in [0, 0.05) is 13.1 Å². The van der Waals surface area contributed by atoms with Crippen LogP contribution in [0.1, 0.15) is 11.6 Å². The van der Waals surface area contributed by atoms with Gasteiger partial charge in [-0.2, -0.15) is 13.2 Å². The Bertz CT molecular complexity index is 543. The summed E-state index contributed by atoms with van der Waals surface area (Å²) in [5.74, 6) is 0.0542. The lowest BCUT2D eigenvalue weighted by Crippen LogP contribution is -2.12. The highest BCUT2D eigenvalue weighted by molar-refractivity contribution is 7.98. The topological polar surface area (TPSA) is 51.0 Å². The Hall–Kier alpha value is -1.70. The fourth-order valence-corrected chi connectivity index (χ4v) is 2.09. The van der Waals surface area contributed by atoms with Crippen molar-refractivity contribution in [1.82, 2.24) is 9.97 Å². The molecule has 4 nitrogen and oxygen atoms in total. The monoisotopic (exact) mass is 289 g/mol. The Kier molecular flexibility index (Phi) is 3.98. The van der Waals surface area contributed by atoms with E-state index in [1.165, 1.54) is 19.4 Å². The van der Waals surface area contributed by atoms with Gasteiger partial charge in [-0.25, -0.2) is 9.97 Å². The maximum Gasteiger partial charge on any atom is 0.451 e. The number of alkyl halides is 3. The zero-order chi connectivity index (χ0) is 13.9. The molecule has 0 aliphatic rings. The normalized spacial score (nSPS) is 11.6. The summed E-state index contributed by atoms with van der Waals surface area (Å²) in [6.45, 7) is 0. The van der Waals surface area contributed by atoms with Crippen LogP contribution in [-0.4, -0.2) is 17.0 Å². The van der Waals surface area contributed by atoms with Crippen LogP contribution < -0.4 is 5.32 Å². The van der Waals surface area contributed by atoms with Gasteiger partial charge in [0.15, 0.2) is 0 Å². The van der Waals surface area contributed by atoms with Gasteiger partial charge in [-0.15, -0.1) is 0 Å². The molecule has 2 heterocycles. The van der Waals surface area contributed by atoms with E-state index < -0.39 is 12.0 Å². The molecule has 1 N–H and O–H groups in total. The molecule has 0 amide bonds. The molecule has 0 bridgehead atoms. The maximum atomic E-state index is 12.6. The van der Waals surface area contributed by atoms with Crippen molar-refractivity contribution in [2.24, 2.45) is 0 Å². The molecule has 0 fully saturated rings. The Balaban J connectivity index is 2.19. The van der Waals surface area contributed by atoms with Crippen molar-refractivity contribution in [1.29, 1.82) is 0 Å². The first-order chi connectivity index (χ1) is 8.99. The fourth-order valence-electron chi connectivity index (χ4n) is 1.29. The third-order valence-electron chi connectivity index (χ3n) is 2.15. The van der Waals surface area contributed by atoms with E-state index in [2.05, 4.69) is 15.3 Å². The Morgan fingerprint density at radius 3 is 2.74 bits per heavy atom. The SMILES string of the molecule is CNc1cc(SCc2ccco2)nc(C(F)(F)F)n1. The summed E-state index contributed by atoms with van der Waals surface area (Å²) < 4.78 is 43.0. The summed E-state index contributed by atoms with van der Waals surface area (Å²) in [6, 6.07) is 4.93. The number of rotatable bonds is 4. The van der Waals surface area contributed by atoms with E-state index in [4.69, 9.17) is 4.42 Å². The third-order valence-corrected chi connectivity index (χ3v) is 3.09. The number of halogens is 3. The zero-order valence-corrected chi connectivity index (χ0v) is 10.7. The second-order valence-corrected chi connectivity index (χ2v) is 4.53. The van der Waals surface area contributed by atoms with Crippen LogP contribution >= 0.6 is 11.8 Å². The van der Waals surface area contributed by atoms with E-state index in [1.54, 1.807) is 12.1 Å². The molecule has 0 saturated carbocycles. The lowest BCUT2D eigenvalue weighted by Gasteiger charge is -2.09. The van der Waals surface area contributed by atoms with Crippen LogP contribution in [0.15, 0.2) is 33.9 Å². The quantitative estimate of drug-likeness (QED) is 0.690. The van der Waals surface area contributed by atoms with Crippen molar-refractivity contribution in [3.05, 3.63) is 36.0 Å². The van der Waals surface area contributed by atoms with Crippen LogP contribution in [-0.2, 0) is 11.9 Å². The molecule has 0 radical (unpaired) electrons. The number of hydrogen-bond acceptors (Lipinski definition) is 5. The molecule has 0 aromatic carbocycles. The lowest BCUT2D eigenvalue weighted by molar-refractivity contribution is -0.145. The Labute approximate surface area is 111 Å². The van der Waals surface area contributed by atoms with Gasteiger partial charge in [-0.1, -0.05) is 11.8 Å². The average Bonchev–Trinajstić information content (AvgIpc) is 2.88. The summed E-state index contributed by atoms with van der Waals surface area (Å²) in [7, 11) is 1.50. The standard InChI is InChI=1S/C11H10F3N3OS/c1-15-8-5-9(17-10(16-8)11(12,13)14)19-6-7-3-2-4-18-7/h2-5H,6H2,1H3,(H,15,16,17). The average molecular weight is 289 g/mol. The lowest BCUT2D eigenvalue weighted by atomic mass is 10.5. The Morgan fingerprint density at radius 1 is 1.37 bits per heavy atom. The van der Waals surface area contributed by atoms with Crippen molar-refractivity contribution >= 4 is 17.6 Å². The smallest absolute Gasteiger partial charge is 0.451 e. The first kappa shape index (κ1) is 13.7. The van der Waals surface area contributed by atoms with Crippen LogP contribution in [0.25, 0.3) is 0 Å². The molecule has 2 aromatic heterocycles. The van der Waals surface area contributed by atoms with Crippen molar-refractivity contribution in [2.45, 2.75) is 17.0 Å². The first-order valence-electron chi connectivity index (χ1n) is 5.28. The minimum absolute atomic E-state index is 0.129. The highest BCUT2D eigenvalue weighted by Crippen LogP contribution is 2.30. The highest BCUT2D eigenvalue weighted by Gasteiger charge is 2.35. The Morgan fingerprint density at radius 2 is 2.16 bits per heavy atom. The van der Waals surface area contributed by atoms with Crippen molar-refractivity contribution in [2.75, 3.05) is 12.4 Å². The fraction of sp³-hybridized carbons (Fsp3) is 0.273. The van der Waals surface area contributed by atoms with Crippen LogP contribution in [0, 0.1) is 0 Å². The predicted octanol–water partition coefficient (Wildman–Crippen LogP) is 3.42. The van der Waals surface area contributed by atoms with Crippen LogP contribution in [0.5, 0.6) is 0 Å². The van der Waals surface area contributed by atoms with Gasteiger partial charge in [-0.3, -0.25) is 0 Å². The molecule has 0 saturated heterocycles. The zero-order valence-electron chi connectivity index (χ0n) is 9.86. The number of furan rings is 1. The number of anilines is 1. The maximum absolute atomic E-state index is 12.6. The van der Waals surface area contributed by atoms with Gasteiger partial charge >= 0.3 is 6.18 Å². The van der Waals surface area contributed by atoms with Crippen molar-refractivity contribution < 1.29 is 17.6 Å². The van der Waals surface area contributed by atoms with E-state index in [9.17, 15) is 13.2 Å². The molecule has 0 spiro atoms. The van der Waals surface area contributed by atoms with Gasteiger partial charge in [0.25, 0.3) is 0 Å². The van der Waals surface area contributed by atoms with E-state index in [0.29, 0.717) is 11.5 Å². The molecule has 2 rings (SSSR count). The van der Waals surface area contributed by atoms with Crippen molar-refractivity contribution in [3.8, 4) is 0 Å². The number of hydrogen-bond donors (Lipinski definition) is 1. The molecule has 102 valence electrons. The van der Waals surface area contributed by atoms with E-state index in [-0.39, 0.29) is 10.8 Å². The van der Waals surface area contributed by atoms with Gasteiger partial charge < -0.3 is 9.73 Å². The van der Waals surface area contributed by atoms with Gasteiger partial charge in [0.05, 0.1) is 12.0 Å². The summed E-state index contributed by atoms with van der Waals surface area (Å²) in [5.41, 5.74) is 0. The molecular formula is C11H10F3N3OS. The summed E-state index contributed by atoms with van der Waals surface area (Å²) in [6.07, 6.45) is -3.05. The number of nitrogens with one attached hydrogen (secondary N) is 1. The predicted molar refractivity (Wildman–Crippen MR) is 64.8 cm³/mol. The molecule has 0 aliphatic carbocycles. The minimum atomic E-state index is -4.56. The first-order valence-corrected chi connectivity index (χ1v) is 6.27. The largest absolute Gasteiger partial charge is 0.468 e. The van der Waals surface area contributed by atoms with Gasteiger partial charge in [0.1, 0.15) is 16.6 Å². The molecule has 0 atom stereocenters. The molecule has 0 unspecified atom stereocenters. The second-order valence-electron chi connectivity index (χ2n) is 3.53. The van der Waals surface area contributed by atoms with E-state index in [1.807, 2.05) is 0 Å². The highest BCUT2D eigenvalue weighted by atomic mass is 32.2. The molecular weight excluding hydrogens is 279 g/mol. The summed E-state index contributed by atoms with van der Waals surface area (Å²) in [4.78, 5) is 6.88. The van der Waals surface area contributed by atoms with Gasteiger partial charge in [-0.05, 0) is 12.1 Å². The molecule has 0 aliphatic heterocycles. The molecule has 19 heavy (non-hydrogen) atoms. The molecule has 2 aromatic rings. The van der Waals surface area contributed by atoms with Gasteiger partial charge in [0.2, 0.25) is 5.82 Å². The van der Waals surface area contributed by atoms with E-state index in [0.717, 1.165) is 11.8 Å². The number of aromatic nitrogens is 2. The van der Waals surface area contributed by atoms with E-state index >= 15 is 0 Å². The van der Waals surface area contributed by atoms with Crippen LogP contribution in [0.4, 0.5) is 19.0 Å². The summed E-state index contributed by atoms with van der Waals surface area (Å²) in [5, 5.41) is 2.82. The third kappa shape index (κ3) is 3.63. The van der Waals surface area contributed by atoms with Crippen molar-refractivity contribution in [3.63, 3.8) is 0 Å². The number of thioether (sulfide) groups is 1. The number of nitrogens with zero attached hydrogens (tertiary/aromatic N) is 2. The minimum Gasteiger partial charge on any atom is -0.468 e. The van der Waals surface area contributed by atoms with Crippen LogP contribution in [0.2, 0.25) is 0 Å². The van der Waals surface area contributed by atoms with Crippen LogP contribution in [0.3, 0.4) is 0 Å². The molecule has 8 heteroatoms. The summed E-state index contributed by atoms with van der Waals surface area (Å²) >= 11 is 1.15.